The van der Waals surface area contributed by atoms with E-state index in [-0.39, 0.29) is 30.5 Å². The van der Waals surface area contributed by atoms with Crippen LogP contribution >= 0.6 is 0 Å². The Morgan fingerprint density at radius 3 is 2.39 bits per heavy atom. The van der Waals surface area contributed by atoms with Crippen molar-refractivity contribution < 1.29 is 23.0 Å². The lowest BCUT2D eigenvalue weighted by atomic mass is 9.90. The fourth-order valence-electron chi connectivity index (χ4n) is 3.66. The monoisotopic (exact) mass is 431 g/mol. The average molecular weight is 431 g/mol. The zero-order valence-electron chi connectivity index (χ0n) is 17.4. The standard InChI is InChI=1S/C23H27F2N3O3/c1-2-31-21(23(29)28-13-14-3-5-16(6-4-14)22(26)27)20-18(24)11-17(12-19(20)25)15-7-9-30-10-8-15/h3-6,11-12,15,21H,2,7-10,13H2,1H3,(H3,26,27)(H,28,29). The predicted octanol–water partition coefficient (Wildman–Crippen LogP) is 3.54. The van der Waals surface area contributed by atoms with Crippen molar-refractivity contribution in [2.75, 3.05) is 19.8 Å². The van der Waals surface area contributed by atoms with Gasteiger partial charge in [-0.05, 0) is 48.9 Å². The van der Waals surface area contributed by atoms with Crippen LogP contribution in [0.1, 0.15) is 54.0 Å². The van der Waals surface area contributed by atoms with E-state index >= 15 is 0 Å². The highest BCUT2D eigenvalue weighted by molar-refractivity contribution is 5.94. The number of hydrogen-bond donors (Lipinski definition) is 3. The maximum absolute atomic E-state index is 14.9. The Balaban J connectivity index is 1.75. The number of nitrogen functional groups attached to an aromatic ring is 1. The third-order valence-electron chi connectivity index (χ3n) is 5.36. The van der Waals surface area contributed by atoms with E-state index in [0.29, 0.717) is 37.2 Å². The molecule has 0 aliphatic carbocycles. The van der Waals surface area contributed by atoms with Crippen molar-refractivity contribution in [2.45, 2.75) is 38.3 Å². The molecule has 1 unspecified atom stereocenters. The van der Waals surface area contributed by atoms with Crippen molar-refractivity contribution in [3.05, 3.63) is 70.3 Å². The van der Waals surface area contributed by atoms with Gasteiger partial charge in [-0.15, -0.1) is 0 Å². The van der Waals surface area contributed by atoms with E-state index in [1.165, 1.54) is 12.1 Å². The van der Waals surface area contributed by atoms with Gasteiger partial charge in [0.05, 0.1) is 5.56 Å². The second kappa shape index (κ2) is 10.5. The van der Waals surface area contributed by atoms with Crippen LogP contribution in [0.5, 0.6) is 0 Å². The van der Waals surface area contributed by atoms with E-state index < -0.39 is 23.6 Å². The van der Waals surface area contributed by atoms with E-state index in [4.69, 9.17) is 20.6 Å². The lowest BCUT2D eigenvalue weighted by Crippen LogP contribution is -2.32. The van der Waals surface area contributed by atoms with Gasteiger partial charge in [0.2, 0.25) is 0 Å². The van der Waals surface area contributed by atoms with E-state index in [9.17, 15) is 13.6 Å². The number of amidine groups is 1. The molecule has 4 N–H and O–H groups in total. The van der Waals surface area contributed by atoms with Crippen molar-refractivity contribution in [3.63, 3.8) is 0 Å². The molecule has 1 aliphatic rings. The molecule has 1 fully saturated rings. The van der Waals surface area contributed by atoms with E-state index in [2.05, 4.69) is 5.32 Å². The highest BCUT2D eigenvalue weighted by Crippen LogP contribution is 2.32. The van der Waals surface area contributed by atoms with Gasteiger partial charge in [-0.1, -0.05) is 24.3 Å². The van der Waals surface area contributed by atoms with Crippen LogP contribution in [0, 0.1) is 17.0 Å². The molecule has 0 spiro atoms. The molecule has 2 aromatic rings. The molecular weight excluding hydrogens is 404 g/mol. The van der Waals surface area contributed by atoms with Crippen LogP contribution < -0.4 is 11.1 Å². The van der Waals surface area contributed by atoms with E-state index in [1.54, 1.807) is 31.2 Å². The van der Waals surface area contributed by atoms with Gasteiger partial charge in [0.25, 0.3) is 5.91 Å². The molecule has 166 valence electrons. The second-order valence-corrected chi connectivity index (χ2v) is 7.45. The molecule has 1 saturated heterocycles. The van der Waals surface area contributed by atoms with Crippen molar-refractivity contribution in [1.82, 2.24) is 5.32 Å². The minimum absolute atomic E-state index is 0.0316. The molecule has 8 heteroatoms. The van der Waals surface area contributed by atoms with Gasteiger partial charge in [-0.25, -0.2) is 8.78 Å². The van der Waals surface area contributed by atoms with Crippen LogP contribution in [0.2, 0.25) is 0 Å². The normalized spacial score (nSPS) is 15.5. The zero-order chi connectivity index (χ0) is 22.4. The van der Waals surface area contributed by atoms with Crippen LogP contribution in [-0.4, -0.2) is 31.6 Å². The number of amides is 1. The van der Waals surface area contributed by atoms with Gasteiger partial charge in [0, 0.05) is 31.9 Å². The summed E-state index contributed by atoms with van der Waals surface area (Å²) in [6.45, 7) is 3.04. The number of carbonyl (C=O) groups excluding carboxylic acids is 1. The van der Waals surface area contributed by atoms with Crippen LogP contribution in [0.25, 0.3) is 0 Å². The first kappa shape index (κ1) is 22.8. The van der Waals surface area contributed by atoms with Crippen molar-refractivity contribution >= 4 is 11.7 Å². The lowest BCUT2D eigenvalue weighted by Gasteiger charge is -2.24. The Hall–Kier alpha value is -2.84. The SMILES string of the molecule is CCOC(C(=O)NCc1ccc(C(=N)N)cc1)c1c(F)cc(C2CCOCC2)cc1F. The van der Waals surface area contributed by atoms with Crippen LogP contribution in [0.4, 0.5) is 8.78 Å². The zero-order valence-corrected chi connectivity index (χ0v) is 17.4. The summed E-state index contributed by atoms with van der Waals surface area (Å²) in [5.74, 6) is -2.23. The van der Waals surface area contributed by atoms with Crippen LogP contribution in [0.3, 0.4) is 0 Å². The molecule has 31 heavy (non-hydrogen) atoms. The second-order valence-electron chi connectivity index (χ2n) is 7.45. The first-order valence-corrected chi connectivity index (χ1v) is 10.3. The fourth-order valence-corrected chi connectivity index (χ4v) is 3.66. The van der Waals surface area contributed by atoms with E-state index in [1.807, 2.05) is 0 Å². The quantitative estimate of drug-likeness (QED) is 0.440. The largest absolute Gasteiger partial charge is 0.384 e. The summed E-state index contributed by atoms with van der Waals surface area (Å²) in [6.07, 6.45) is 0.0108. The molecule has 0 radical (unpaired) electrons. The molecule has 1 atom stereocenters. The van der Waals surface area contributed by atoms with Gasteiger partial charge in [0.1, 0.15) is 17.5 Å². The molecule has 0 saturated carbocycles. The van der Waals surface area contributed by atoms with Crippen molar-refractivity contribution in [3.8, 4) is 0 Å². The Bertz CT molecular complexity index is 905. The third kappa shape index (κ3) is 5.65. The van der Waals surface area contributed by atoms with Gasteiger partial charge in [-0.2, -0.15) is 0 Å². The summed E-state index contributed by atoms with van der Waals surface area (Å²) >= 11 is 0. The number of nitrogens with two attached hydrogens (primary N) is 1. The Morgan fingerprint density at radius 1 is 1.23 bits per heavy atom. The number of rotatable bonds is 8. The van der Waals surface area contributed by atoms with Gasteiger partial charge < -0.3 is 20.5 Å². The molecule has 6 nitrogen and oxygen atoms in total. The number of benzene rings is 2. The molecular formula is C23H27F2N3O3. The third-order valence-corrected chi connectivity index (χ3v) is 5.36. The summed E-state index contributed by atoms with van der Waals surface area (Å²) in [6, 6.07) is 9.37. The molecule has 1 aliphatic heterocycles. The lowest BCUT2D eigenvalue weighted by molar-refractivity contribution is -0.133. The minimum atomic E-state index is -1.40. The van der Waals surface area contributed by atoms with Crippen LogP contribution in [0.15, 0.2) is 36.4 Å². The molecule has 1 amide bonds. The Morgan fingerprint density at radius 2 is 1.84 bits per heavy atom. The number of carbonyl (C=O) groups is 1. The minimum Gasteiger partial charge on any atom is -0.384 e. The molecule has 2 aromatic carbocycles. The molecule has 0 bridgehead atoms. The predicted molar refractivity (Wildman–Crippen MR) is 113 cm³/mol. The number of ether oxygens (including phenoxy) is 2. The van der Waals surface area contributed by atoms with Gasteiger partial charge in [-0.3, -0.25) is 10.2 Å². The highest BCUT2D eigenvalue weighted by Gasteiger charge is 2.29. The maximum Gasteiger partial charge on any atom is 0.254 e. The van der Waals surface area contributed by atoms with E-state index in [0.717, 1.165) is 5.56 Å². The first-order chi connectivity index (χ1) is 14.9. The number of nitrogens with one attached hydrogen (secondary N) is 2. The summed E-state index contributed by atoms with van der Waals surface area (Å²) in [5, 5.41) is 10.1. The Kier molecular flexibility index (Phi) is 7.70. The number of hydrogen-bond acceptors (Lipinski definition) is 4. The highest BCUT2D eigenvalue weighted by atomic mass is 19.1. The maximum atomic E-state index is 14.9. The molecule has 3 rings (SSSR count). The first-order valence-electron chi connectivity index (χ1n) is 10.3. The van der Waals surface area contributed by atoms with Gasteiger partial charge in [0.15, 0.2) is 6.10 Å². The summed E-state index contributed by atoms with van der Waals surface area (Å²) in [4.78, 5) is 12.7. The Labute approximate surface area is 180 Å². The summed E-state index contributed by atoms with van der Waals surface area (Å²) < 4.78 is 40.6. The fraction of sp³-hybridized carbons (Fsp3) is 0.391. The average Bonchev–Trinajstić information content (AvgIpc) is 2.77. The smallest absolute Gasteiger partial charge is 0.254 e. The van der Waals surface area contributed by atoms with Gasteiger partial charge >= 0.3 is 0 Å². The summed E-state index contributed by atoms with van der Waals surface area (Å²) in [5.41, 5.74) is 6.94. The molecule has 0 aromatic heterocycles. The van der Waals surface area contributed by atoms with Crippen LogP contribution in [-0.2, 0) is 20.8 Å². The van der Waals surface area contributed by atoms with Crippen molar-refractivity contribution in [2.24, 2.45) is 5.73 Å². The van der Waals surface area contributed by atoms with Crippen molar-refractivity contribution in [1.29, 1.82) is 5.41 Å². The summed E-state index contributed by atoms with van der Waals surface area (Å²) in [7, 11) is 0. The topological polar surface area (TPSA) is 97.4 Å². The molecule has 1 heterocycles. The number of halogens is 2.